The molecule has 1 aliphatic rings. The molecule has 1 nitrogen and oxygen atoms in total. The van der Waals surface area contributed by atoms with Crippen molar-refractivity contribution < 1.29 is 5.11 Å². The van der Waals surface area contributed by atoms with Crippen LogP contribution in [0.2, 0.25) is 5.02 Å². The van der Waals surface area contributed by atoms with Gasteiger partial charge in [0.15, 0.2) is 0 Å². The quantitative estimate of drug-likeness (QED) is 0.779. The van der Waals surface area contributed by atoms with Crippen molar-refractivity contribution in [2.75, 3.05) is 0 Å². The van der Waals surface area contributed by atoms with E-state index in [4.69, 9.17) is 11.6 Å². The second-order valence-electron chi connectivity index (χ2n) is 5.37. The molecule has 0 spiro atoms. The van der Waals surface area contributed by atoms with Crippen molar-refractivity contribution in [2.45, 2.75) is 31.3 Å². The van der Waals surface area contributed by atoms with Crippen molar-refractivity contribution in [3.8, 4) is 0 Å². The molecule has 104 valence electrons. The van der Waals surface area contributed by atoms with E-state index >= 15 is 0 Å². The molecule has 0 radical (unpaired) electrons. The predicted octanol–water partition coefficient (Wildman–Crippen LogP) is 5.45. The maximum atomic E-state index is 10.5. The first-order chi connectivity index (χ1) is 9.65. The first-order valence-electron chi connectivity index (χ1n) is 6.88. The lowest BCUT2D eigenvalue weighted by Crippen LogP contribution is -2.09. The van der Waals surface area contributed by atoms with Gasteiger partial charge in [0.05, 0.1) is 5.02 Å². The van der Waals surface area contributed by atoms with E-state index in [1.807, 2.05) is 30.3 Å². The van der Waals surface area contributed by atoms with Gasteiger partial charge in [-0.3, -0.25) is 0 Å². The number of aliphatic hydroxyl groups is 1. The third kappa shape index (κ3) is 2.78. The Morgan fingerprint density at radius 1 is 1.10 bits per heavy atom. The summed E-state index contributed by atoms with van der Waals surface area (Å²) in [6.45, 7) is 0. The molecule has 1 fully saturated rings. The maximum Gasteiger partial charge on any atom is 0.104 e. The topological polar surface area (TPSA) is 20.2 Å². The molecule has 1 unspecified atom stereocenters. The molecule has 0 amide bonds. The molecule has 1 saturated carbocycles. The Morgan fingerprint density at radius 2 is 1.85 bits per heavy atom. The summed E-state index contributed by atoms with van der Waals surface area (Å²) in [5, 5.41) is 11.2. The monoisotopic (exact) mass is 350 g/mol. The minimum atomic E-state index is -0.624. The van der Waals surface area contributed by atoms with E-state index in [0.717, 1.165) is 15.6 Å². The summed E-state index contributed by atoms with van der Waals surface area (Å²) in [7, 11) is 0. The summed E-state index contributed by atoms with van der Waals surface area (Å²) in [5.41, 5.74) is 3.10. The minimum absolute atomic E-state index is 0.622. The highest BCUT2D eigenvalue weighted by molar-refractivity contribution is 9.10. The van der Waals surface area contributed by atoms with Gasteiger partial charge < -0.3 is 5.11 Å². The third-order valence-electron chi connectivity index (χ3n) is 4.06. The highest BCUT2D eigenvalue weighted by Gasteiger charge is 2.20. The lowest BCUT2D eigenvalue weighted by Gasteiger charge is -2.26. The standard InChI is InChI=1S/C17H16BrClO/c18-15-8-7-14(10-16(15)19)17(20)13-6-2-5-12(9-13)11-3-1-4-11/h2,5-11,17,20H,1,3-4H2. The molecular weight excluding hydrogens is 336 g/mol. The van der Waals surface area contributed by atoms with E-state index in [9.17, 15) is 5.11 Å². The summed E-state index contributed by atoms with van der Waals surface area (Å²) in [6.07, 6.45) is 3.23. The van der Waals surface area contributed by atoms with Crippen LogP contribution in [0.4, 0.5) is 0 Å². The van der Waals surface area contributed by atoms with Crippen LogP contribution >= 0.6 is 27.5 Å². The largest absolute Gasteiger partial charge is 0.384 e. The van der Waals surface area contributed by atoms with Crippen LogP contribution in [0.25, 0.3) is 0 Å². The highest BCUT2D eigenvalue weighted by atomic mass is 79.9. The van der Waals surface area contributed by atoms with Crippen LogP contribution in [0.1, 0.15) is 48.0 Å². The molecule has 0 bridgehead atoms. The lowest BCUT2D eigenvalue weighted by molar-refractivity contribution is 0.220. The molecule has 2 aromatic rings. The molecule has 1 atom stereocenters. The van der Waals surface area contributed by atoms with Crippen LogP contribution < -0.4 is 0 Å². The fraction of sp³-hybridized carbons (Fsp3) is 0.294. The molecule has 3 heteroatoms. The number of hydrogen-bond donors (Lipinski definition) is 1. The molecule has 20 heavy (non-hydrogen) atoms. The Balaban J connectivity index is 1.89. The van der Waals surface area contributed by atoms with Crippen molar-refractivity contribution in [3.63, 3.8) is 0 Å². The van der Waals surface area contributed by atoms with Gasteiger partial charge in [-0.25, -0.2) is 0 Å². The van der Waals surface area contributed by atoms with Gasteiger partial charge in [0, 0.05) is 4.47 Å². The van der Waals surface area contributed by atoms with E-state index in [1.54, 1.807) is 0 Å². The van der Waals surface area contributed by atoms with Gasteiger partial charge in [-0.1, -0.05) is 48.4 Å². The minimum Gasteiger partial charge on any atom is -0.384 e. The molecular formula is C17H16BrClO. The van der Waals surface area contributed by atoms with E-state index in [-0.39, 0.29) is 0 Å². The Labute approximate surface area is 132 Å². The zero-order valence-corrected chi connectivity index (χ0v) is 13.4. The SMILES string of the molecule is OC(c1cccc(C2CCC2)c1)c1ccc(Br)c(Cl)c1. The highest BCUT2D eigenvalue weighted by Crippen LogP contribution is 2.37. The zero-order chi connectivity index (χ0) is 14.1. The fourth-order valence-electron chi connectivity index (χ4n) is 2.60. The van der Waals surface area contributed by atoms with Gasteiger partial charge in [-0.05, 0) is 63.5 Å². The van der Waals surface area contributed by atoms with Crippen molar-refractivity contribution in [3.05, 3.63) is 68.7 Å². The van der Waals surface area contributed by atoms with Gasteiger partial charge in [-0.2, -0.15) is 0 Å². The van der Waals surface area contributed by atoms with Gasteiger partial charge in [0.2, 0.25) is 0 Å². The Bertz CT molecular complexity index is 622. The predicted molar refractivity (Wildman–Crippen MR) is 86.2 cm³/mol. The molecule has 0 saturated heterocycles. The van der Waals surface area contributed by atoms with E-state index < -0.39 is 6.10 Å². The van der Waals surface area contributed by atoms with Gasteiger partial charge in [0.1, 0.15) is 6.10 Å². The third-order valence-corrected chi connectivity index (χ3v) is 5.29. The second-order valence-corrected chi connectivity index (χ2v) is 6.64. The van der Waals surface area contributed by atoms with Crippen LogP contribution in [-0.2, 0) is 0 Å². The molecule has 0 aromatic heterocycles. The van der Waals surface area contributed by atoms with Crippen LogP contribution in [0.15, 0.2) is 46.9 Å². The van der Waals surface area contributed by atoms with Gasteiger partial charge >= 0.3 is 0 Å². The molecule has 0 heterocycles. The molecule has 2 aromatic carbocycles. The number of aliphatic hydroxyl groups excluding tert-OH is 1. The number of hydrogen-bond acceptors (Lipinski definition) is 1. The fourth-order valence-corrected chi connectivity index (χ4v) is 3.04. The van der Waals surface area contributed by atoms with Crippen LogP contribution in [-0.4, -0.2) is 5.11 Å². The number of benzene rings is 2. The van der Waals surface area contributed by atoms with Crippen molar-refractivity contribution in [1.29, 1.82) is 0 Å². The molecule has 0 aliphatic heterocycles. The lowest BCUT2D eigenvalue weighted by atomic mass is 9.79. The van der Waals surface area contributed by atoms with E-state index in [1.165, 1.54) is 24.8 Å². The van der Waals surface area contributed by atoms with E-state index in [2.05, 4.69) is 28.1 Å². The summed E-state index contributed by atoms with van der Waals surface area (Å²) in [6, 6.07) is 13.9. The van der Waals surface area contributed by atoms with Gasteiger partial charge in [-0.15, -0.1) is 0 Å². The first kappa shape index (κ1) is 14.1. The van der Waals surface area contributed by atoms with Crippen molar-refractivity contribution in [1.82, 2.24) is 0 Å². The second kappa shape index (κ2) is 5.88. The first-order valence-corrected chi connectivity index (χ1v) is 8.05. The summed E-state index contributed by atoms with van der Waals surface area (Å²) < 4.78 is 0.846. The molecule has 3 rings (SSSR count). The Morgan fingerprint density at radius 3 is 2.50 bits per heavy atom. The van der Waals surface area contributed by atoms with Crippen molar-refractivity contribution >= 4 is 27.5 Å². The number of halogens is 2. The number of rotatable bonds is 3. The van der Waals surface area contributed by atoms with Crippen LogP contribution in [0.3, 0.4) is 0 Å². The average molecular weight is 352 g/mol. The summed E-state index contributed by atoms with van der Waals surface area (Å²) in [4.78, 5) is 0. The average Bonchev–Trinajstić information content (AvgIpc) is 2.39. The summed E-state index contributed by atoms with van der Waals surface area (Å²) in [5.74, 6) is 0.677. The van der Waals surface area contributed by atoms with Crippen LogP contribution in [0, 0.1) is 0 Å². The van der Waals surface area contributed by atoms with Crippen LogP contribution in [0.5, 0.6) is 0 Å². The Kier molecular flexibility index (Phi) is 4.16. The van der Waals surface area contributed by atoms with E-state index in [0.29, 0.717) is 10.9 Å². The molecule has 1 aliphatic carbocycles. The summed E-state index contributed by atoms with van der Waals surface area (Å²) >= 11 is 9.47. The van der Waals surface area contributed by atoms with Crippen molar-refractivity contribution in [2.24, 2.45) is 0 Å². The smallest absolute Gasteiger partial charge is 0.104 e. The normalized spacial score (nSPS) is 16.8. The Hall–Kier alpha value is -0.830. The maximum absolute atomic E-state index is 10.5. The molecule has 1 N–H and O–H groups in total. The zero-order valence-electron chi connectivity index (χ0n) is 11.0. The van der Waals surface area contributed by atoms with Gasteiger partial charge in [0.25, 0.3) is 0 Å².